The number of carbonyl (C=O) groups is 2. The fourth-order valence-corrected chi connectivity index (χ4v) is 3.27. The number of rotatable bonds is 7. The van der Waals surface area contributed by atoms with Crippen LogP contribution in [0.25, 0.3) is 0 Å². The molecule has 0 aromatic heterocycles. The average Bonchev–Trinajstić information content (AvgIpc) is 2.82. The monoisotopic (exact) mass is 365 g/mol. The van der Waals surface area contributed by atoms with Gasteiger partial charge in [0.25, 0.3) is 11.6 Å². The zero-order valence-electron chi connectivity index (χ0n) is 14.3. The lowest BCUT2D eigenvalue weighted by atomic mass is 10.1. The molecule has 1 aromatic carbocycles. The van der Waals surface area contributed by atoms with E-state index >= 15 is 0 Å². The van der Waals surface area contributed by atoms with Gasteiger partial charge in [0.15, 0.2) is 0 Å². The van der Waals surface area contributed by atoms with E-state index in [0.717, 1.165) is 30.7 Å². The summed E-state index contributed by atoms with van der Waals surface area (Å²) in [6.07, 6.45) is 6.12. The first-order valence-corrected chi connectivity index (χ1v) is 9.64. The maximum Gasteiger partial charge on any atom is 0.282 e. The van der Waals surface area contributed by atoms with Crippen molar-refractivity contribution in [3.63, 3.8) is 0 Å². The Morgan fingerprint density at radius 2 is 2.16 bits per heavy atom. The van der Waals surface area contributed by atoms with Crippen molar-refractivity contribution >= 4 is 29.3 Å². The Balaban J connectivity index is 1.89. The Morgan fingerprint density at radius 3 is 2.88 bits per heavy atom. The summed E-state index contributed by atoms with van der Waals surface area (Å²) in [6, 6.07) is 4.53. The zero-order valence-corrected chi connectivity index (χ0v) is 15.1. The Hall–Kier alpha value is -2.09. The van der Waals surface area contributed by atoms with Crippen LogP contribution in [0.3, 0.4) is 0 Å². The SMILES string of the molecule is CSc1ccc([N+](=O)[O-])c(C(=O)NCCCN2CCCCCC2=O)c1. The van der Waals surface area contributed by atoms with Crippen LogP contribution in [0.5, 0.6) is 0 Å². The molecule has 8 heteroatoms. The highest BCUT2D eigenvalue weighted by molar-refractivity contribution is 7.98. The van der Waals surface area contributed by atoms with Gasteiger partial charge in [0.05, 0.1) is 4.92 Å². The molecule has 2 amide bonds. The predicted molar refractivity (Wildman–Crippen MR) is 96.9 cm³/mol. The molecular weight excluding hydrogens is 342 g/mol. The van der Waals surface area contributed by atoms with Crippen LogP contribution in [0, 0.1) is 10.1 Å². The molecule has 0 bridgehead atoms. The van der Waals surface area contributed by atoms with E-state index in [1.807, 2.05) is 11.2 Å². The van der Waals surface area contributed by atoms with E-state index in [4.69, 9.17) is 0 Å². The van der Waals surface area contributed by atoms with E-state index in [1.54, 1.807) is 6.07 Å². The molecule has 1 aromatic rings. The van der Waals surface area contributed by atoms with Gasteiger partial charge in [-0.2, -0.15) is 0 Å². The average molecular weight is 365 g/mol. The first-order valence-electron chi connectivity index (χ1n) is 8.41. The third kappa shape index (κ3) is 5.45. The first kappa shape index (κ1) is 19.2. The third-order valence-corrected chi connectivity index (χ3v) is 4.93. The minimum atomic E-state index is -0.547. The van der Waals surface area contributed by atoms with E-state index in [2.05, 4.69) is 5.32 Å². The summed E-state index contributed by atoms with van der Waals surface area (Å²) < 4.78 is 0. The van der Waals surface area contributed by atoms with Crippen LogP contribution < -0.4 is 5.32 Å². The molecule has 0 spiro atoms. The maximum atomic E-state index is 12.3. The van der Waals surface area contributed by atoms with Gasteiger partial charge >= 0.3 is 0 Å². The topological polar surface area (TPSA) is 92.5 Å². The lowest BCUT2D eigenvalue weighted by molar-refractivity contribution is -0.385. The van der Waals surface area contributed by atoms with Gasteiger partial charge in [-0.25, -0.2) is 0 Å². The summed E-state index contributed by atoms with van der Waals surface area (Å²) in [5, 5.41) is 13.8. The van der Waals surface area contributed by atoms with Crippen molar-refractivity contribution in [2.24, 2.45) is 0 Å². The molecule has 1 saturated heterocycles. The van der Waals surface area contributed by atoms with E-state index in [1.165, 1.54) is 23.9 Å². The van der Waals surface area contributed by atoms with Crippen molar-refractivity contribution in [3.8, 4) is 0 Å². The number of nitro groups is 1. The lowest BCUT2D eigenvalue weighted by Crippen LogP contribution is -2.34. The number of amides is 2. The molecule has 1 aliphatic heterocycles. The molecule has 136 valence electrons. The number of benzene rings is 1. The second kappa shape index (κ2) is 9.41. The van der Waals surface area contributed by atoms with Crippen LogP contribution >= 0.6 is 11.8 Å². The van der Waals surface area contributed by atoms with Gasteiger partial charge in [-0.05, 0) is 37.7 Å². The molecule has 1 heterocycles. The van der Waals surface area contributed by atoms with Crippen molar-refractivity contribution in [1.82, 2.24) is 10.2 Å². The molecule has 25 heavy (non-hydrogen) atoms. The molecular formula is C17H23N3O4S. The summed E-state index contributed by atoms with van der Waals surface area (Å²) in [7, 11) is 0. The van der Waals surface area contributed by atoms with Crippen LogP contribution in [-0.4, -0.2) is 47.5 Å². The Morgan fingerprint density at radius 1 is 1.36 bits per heavy atom. The fraction of sp³-hybridized carbons (Fsp3) is 0.529. The zero-order chi connectivity index (χ0) is 18.2. The van der Waals surface area contributed by atoms with Gasteiger partial charge < -0.3 is 10.2 Å². The molecule has 0 atom stereocenters. The highest BCUT2D eigenvalue weighted by Crippen LogP contribution is 2.24. The molecule has 7 nitrogen and oxygen atoms in total. The van der Waals surface area contributed by atoms with Crippen LogP contribution in [0.4, 0.5) is 5.69 Å². The number of hydrogen-bond acceptors (Lipinski definition) is 5. The molecule has 0 aliphatic carbocycles. The van der Waals surface area contributed by atoms with Gasteiger partial charge in [-0.15, -0.1) is 11.8 Å². The number of carbonyl (C=O) groups excluding carboxylic acids is 2. The summed E-state index contributed by atoms with van der Waals surface area (Å²) in [5.41, 5.74) is -0.124. The number of nitrogens with zero attached hydrogens (tertiary/aromatic N) is 2. The fourth-order valence-electron chi connectivity index (χ4n) is 2.83. The third-order valence-electron chi connectivity index (χ3n) is 4.21. The molecule has 2 rings (SSSR count). The maximum absolute atomic E-state index is 12.3. The lowest BCUT2D eigenvalue weighted by Gasteiger charge is -2.20. The number of nitro benzene ring substituents is 1. The summed E-state index contributed by atoms with van der Waals surface area (Å²) >= 11 is 1.42. The number of hydrogen-bond donors (Lipinski definition) is 1. The Kier molecular flexibility index (Phi) is 7.24. The minimum Gasteiger partial charge on any atom is -0.352 e. The highest BCUT2D eigenvalue weighted by Gasteiger charge is 2.21. The smallest absolute Gasteiger partial charge is 0.282 e. The minimum absolute atomic E-state index is 0.0719. The molecule has 0 saturated carbocycles. The van der Waals surface area contributed by atoms with Crippen molar-refractivity contribution in [3.05, 3.63) is 33.9 Å². The van der Waals surface area contributed by atoms with E-state index in [9.17, 15) is 19.7 Å². The van der Waals surface area contributed by atoms with Gasteiger partial charge in [0, 0.05) is 37.0 Å². The Labute approximate surface area is 151 Å². The molecule has 1 fully saturated rings. The predicted octanol–water partition coefficient (Wildman–Crippen LogP) is 2.84. The quantitative estimate of drug-likeness (QED) is 0.347. The van der Waals surface area contributed by atoms with E-state index in [-0.39, 0.29) is 17.2 Å². The second-order valence-electron chi connectivity index (χ2n) is 5.94. The normalized spacial score (nSPS) is 14.9. The van der Waals surface area contributed by atoms with E-state index < -0.39 is 10.8 Å². The van der Waals surface area contributed by atoms with Crippen molar-refractivity contribution < 1.29 is 14.5 Å². The van der Waals surface area contributed by atoms with Crippen molar-refractivity contribution in [1.29, 1.82) is 0 Å². The van der Waals surface area contributed by atoms with Crippen LogP contribution in [0.15, 0.2) is 23.1 Å². The van der Waals surface area contributed by atoms with Gasteiger partial charge in [-0.1, -0.05) is 6.42 Å². The van der Waals surface area contributed by atoms with Gasteiger partial charge in [-0.3, -0.25) is 19.7 Å². The summed E-state index contributed by atoms with van der Waals surface area (Å²) in [4.78, 5) is 37.4. The Bertz CT molecular complexity index is 651. The number of thioether (sulfide) groups is 1. The molecule has 1 aliphatic rings. The molecule has 0 unspecified atom stereocenters. The summed E-state index contributed by atoms with van der Waals surface area (Å²) in [6.45, 7) is 1.75. The van der Waals surface area contributed by atoms with Crippen LogP contribution in [0.2, 0.25) is 0 Å². The van der Waals surface area contributed by atoms with Gasteiger partial charge in [0.2, 0.25) is 5.91 Å². The highest BCUT2D eigenvalue weighted by atomic mass is 32.2. The van der Waals surface area contributed by atoms with Crippen molar-refractivity contribution in [2.75, 3.05) is 25.9 Å². The number of nitrogens with one attached hydrogen (secondary N) is 1. The first-order chi connectivity index (χ1) is 12.0. The molecule has 0 radical (unpaired) electrons. The van der Waals surface area contributed by atoms with Crippen molar-refractivity contribution in [2.45, 2.75) is 37.0 Å². The van der Waals surface area contributed by atoms with Crippen LogP contribution in [0.1, 0.15) is 42.5 Å². The molecule has 1 N–H and O–H groups in total. The largest absolute Gasteiger partial charge is 0.352 e. The second-order valence-corrected chi connectivity index (χ2v) is 6.82. The van der Waals surface area contributed by atoms with Crippen LogP contribution in [-0.2, 0) is 4.79 Å². The number of likely N-dealkylation sites (tertiary alicyclic amines) is 1. The summed E-state index contributed by atoms with van der Waals surface area (Å²) in [5.74, 6) is -0.281. The van der Waals surface area contributed by atoms with Gasteiger partial charge in [0.1, 0.15) is 5.56 Å². The van der Waals surface area contributed by atoms with E-state index in [0.29, 0.717) is 25.9 Å². The standard InChI is InChI=1S/C17H23N3O4S/c1-25-13-7-8-15(20(23)24)14(12-13)17(22)18-9-5-11-19-10-4-2-3-6-16(19)21/h7-8,12H,2-6,9-11H2,1H3,(H,18,22).